The van der Waals surface area contributed by atoms with Crippen LogP contribution in [-0.2, 0) is 9.84 Å². The van der Waals surface area contributed by atoms with E-state index < -0.39 is 15.7 Å². The van der Waals surface area contributed by atoms with Crippen LogP contribution in [0.5, 0.6) is 0 Å². The predicted molar refractivity (Wildman–Crippen MR) is 100 cm³/mol. The number of carbonyl (C=O) groups is 1. The first-order chi connectivity index (χ1) is 12.7. The number of H-pyrrole nitrogens is 1. The zero-order chi connectivity index (χ0) is 19.3. The van der Waals surface area contributed by atoms with Crippen LogP contribution in [0, 0.1) is 19.7 Å². The van der Waals surface area contributed by atoms with Gasteiger partial charge in [-0.3, -0.25) is 4.79 Å². The lowest BCUT2D eigenvalue weighted by molar-refractivity contribution is 0.102. The van der Waals surface area contributed by atoms with Gasteiger partial charge in [-0.2, -0.15) is 5.10 Å². The topological polar surface area (TPSA) is 96.9 Å². The van der Waals surface area contributed by atoms with Gasteiger partial charge in [0.15, 0.2) is 9.84 Å². The lowest BCUT2D eigenvalue weighted by atomic mass is 10.1. The van der Waals surface area contributed by atoms with Gasteiger partial charge in [0.2, 0.25) is 0 Å². The summed E-state index contributed by atoms with van der Waals surface area (Å²) < 4.78 is 38.7. The molecule has 4 rings (SSSR count). The van der Waals surface area contributed by atoms with Crippen LogP contribution in [-0.4, -0.2) is 40.6 Å². The number of nitrogens with one attached hydrogen (secondary N) is 2. The van der Waals surface area contributed by atoms with Gasteiger partial charge in [0.05, 0.1) is 23.2 Å². The highest BCUT2D eigenvalue weighted by atomic mass is 32.2. The van der Waals surface area contributed by atoms with Crippen LogP contribution in [0.2, 0.25) is 0 Å². The molecule has 7 nitrogen and oxygen atoms in total. The minimum absolute atomic E-state index is 0.0157. The maximum Gasteiger partial charge on any atom is 0.273 e. The van der Waals surface area contributed by atoms with Gasteiger partial charge < -0.3 is 10.3 Å². The van der Waals surface area contributed by atoms with E-state index in [4.69, 9.17) is 0 Å². The highest BCUT2D eigenvalue weighted by molar-refractivity contribution is 7.91. The quantitative estimate of drug-likeness (QED) is 0.719. The molecule has 1 atom stereocenters. The number of anilines is 1. The summed E-state index contributed by atoms with van der Waals surface area (Å²) >= 11 is 0. The maximum atomic E-state index is 13.6. The molecule has 1 unspecified atom stereocenters. The number of nitrogens with zero attached hydrogens (tertiary/aromatic N) is 2. The fraction of sp³-hybridized carbons (Fsp3) is 0.333. The van der Waals surface area contributed by atoms with E-state index in [1.165, 1.54) is 12.1 Å². The molecule has 1 saturated heterocycles. The Morgan fingerprint density at radius 1 is 1.30 bits per heavy atom. The second-order valence-electron chi connectivity index (χ2n) is 6.99. The first-order valence-electron chi connectivity index (χ1n) is 8.59. The largest absolute Gasteiger partial charge is 0.350 e. The fourth-order valence-electron chi connectivity index (χ4n) is 3.54. The minimum atomic E-state index is -3.07. The van der Waals surface area contributed by atoms with Crippen LogP contribution < -0.4 is 5.32 Å². The molecule has 142 valence electrons. The number of halogens is 1. The number of sulfone groups is 1. The third-order valence-electron chi connectivity index (χ3n) is 4.81. The highest BCUT2D eigenvalue weighted by Crippen LogP contribution is 2.28. The Bertz CT molecular complexity index is 1160. The fourth-order valence-corrected chi connectivity index (χ4v) is 5.23. The van der Waals surface area contributed by atoms with Crippen LogP contribution in [0.3, 0.4) is 0 Å². The van der Waals surface area contributed by atoms with Gasteiger partial charge in [0.1, 0.15) is 17.3 Å². The molecular weight excluding hydrogens is 371 g/mol. The molecule has 1 aromatic carbocycles. The van der Waals surface area contributed by atoms with E-state index in [2.05, 4.69) is 15.4 Å². The monoisotopic (exact) mass is 390 g/mol. The smallest absolute Gasteiger partial charge is 0.273 e. The van der Waals surface area contributed by atoms with Crippen LogP contribution >= 0.6 is 0 Å². The Morgan fingerprint density at radius 2 is 2.07 bits per heavy atom. The van der Waals surface area contributed by atoms with Crippen molar-refractivity contribution in [3.63, 3.8) is 0 Å². The first kappa shape index (κ1) is 17.7. The highest BCUT2D eigenvalue weighted by Gasteiger charge is 2.31. The van der Waals surface area contributed by atoms with E-state index in [0.29, 0.717) is 29.1 Å². The molecule has 1 aliphatic rings. The van der Waals surface area contributed by atoms with E-state index in [1.807, 2.05) is 0 Å². The van der Waals surface area contributed by atoms with Gasteiger partial charge in [-0.15, -0.1) is 0 Å². The Labute approximate surface area is 155 Å². The molecule has 2 aromatic heterocycles. The van der Waals surface area contributed by atoms with Crippen molar-refractivity contribution in [1.29, 1.82) is 0 Å². The zero-order valence-electron chi connectivity index (χ0n) is 14.9. The lowest BCUT2D eigenvalue weighted by Gasteiger charge is -2.13. The average molecular weight is 390 g/mol. The molecule has 0 saturated carbocycles. The van der Waals surface area contributed by atoms with E-state index in [9.17, 15) is 17.6 Å². The number of fused-ring (bicyclic) bond motifs is 1. The summed E-state index contributed by atoms with van der Waals surface area (Å²) in [5.41, 5.74) is 2.26. The van der Waals surface area contributed by atoms with E-state index in [-0.39, 0.29) is 23.4 Å². The zero-order valence-corrected chi connectivity index (χ0v) is 15.7. The second-order valence-corrected chi connectivity index (χ2v) is 9.22. The number of hydrogen-bond acceptors (Lipinski definition) is 4. The Balaban J connectivity index is 1.63. The number of hydrogen-bond donors (Lipinski definition) is 2. The van der Waals surface area contributed by atoms with Crippen LogP contribution in [0.1, 0.15) is 34.2 Å². The molecule has 1 fully saturated rings. The van der Waals surface area contributed by atoms with Crippen LogP contribution in [0.25, 0.3) is 10.9 Å². The molecule has 1 amide bonds. The van der Waals surface area contributed by atoms with Crippen molar-refractivity contribution in [2.24, 2.45) is 0 Å². The van der Waals surface area contributed by atoms with Crippen molar-refractivity contribution in [2.45, 2.75) is 26.3 Å². The molecule has 0 radical (unpaired) electrons. The molecule has 3 aromatic rings. The molecular formula is C18H19FN4O3S. The van der Waals surface area contributed by atoms with Gasteiger partial charge >= 0.3 is 0 Å². The van der Waals surface area contributed by atoms with Crippen LogP contribution in [0.15, 0.2) is 24.3 Å². The number of aromatic nitrogens is 3. The molecule has 2 N–H and O–H groups in total. The normalized spacial score (nSPS) is 18.9. The van der Waals surface area contributed by atoms with E-state index >= 15 is 0 Å². The van der Waals surface area contributed by atoms with Gasteiger partial charge in [0, 0.05) is 17.0 Å². The Hall–Kier alpha value is -2.68. The van der Waals surface area contributed by atoms with Crippen molar-refractivity contribution in [3.8, 4) is 0 Å². The third-order valence-corrected chi connectivity index (χ3v) is 6.56. The summed E-state index contributed by atoms with van der Waals surface area (Å²) in [5, 5.41) is 7.91. The second kappa shape index (κ2) is 6.19. The first-order valence-corrected chi connectivity index (χ1v) is 10.4. The minimum Gasteiger partial charge on any atom is -0.350 e. The molecule has 0 spiro atoms. The van der Waals surface area contributed by atoms with Crippen molar-refractivity contribution in [2.75, 3.05) is 16.8 Å². The summed E-state index contributed by atoms with van der Waals surface area (Å²) in [6, 6.07) is 5.84. The number of amides is 1. The van der Waals surface area contributed by atoms with Gasteiger partial charge in [0.25, 0.3) is 5.91 Å². The number of aryl methyl sites for hydroxylation is 2. The summed E-state index contributed by atoms with van der Waals surface area (Å²) in [5.74, 6) is -0.183. The van der Waals surface area contributed by atoms with Crippen molar-refractivity contribution in [3.05, 3.63) is 47.0 Å². The van der Waals surface area contributed by atoms with E-state index in [0.717, 1.165) is 10.9 Å². The Morgan fingerprint density at radius 3 is 2.78 bits per heavy atom. The summed E-state index contributed by atoms with van der Waals surface area (Å²) in [6.45, 7) is 3.56. The third kappa shape index (κ3) is 3.34. The van der Waals surface area contributed by atoms with Crippen molar-refractivity contribution < 1.29 is 17.6 Å². The van der Waals surface area contributed by atoms with Crippen molar-refractivity contribution >= 4 is 32.5 Å². The summed E-state index contributed by atoms with van der Waals surface area (Å²) in [6.07, 6.45) is 0.469. The van der Waals surface area contributed by atoms with Gasteiger partial charge in [-0.05, 0) is 44.0 Å². The van der Waals surface area contributed by atoms with Crippen LogP contribution in [0.4, 0.5) is 10.2 Å². The Kier molecular flexibility index (Phi) is 4.06. The number of benzene rings is 1. The lowest BCUT2D eigenvalue weighted by Crippen LogP contribution is -2.19. The molecule has 27 heavy (non-hydrogen) atoms. The van der Waals surface area contributed by atoms with Gasteiger partial charge in [-0.1, -0.05) is 0 Å². The molecule has 0 bridgehead atoms. The molecule has 9 heteroatoms. The predicted octanol–water partition coefficient (Wildman–Crippen LogP) is 2.73. The number of rotatable bonds is 3. The standard InChI is InChI=1S/C18H19FN4O3S/c1-10-5-12(19)7-15-14(10)8-16(20-15)18(24)21-17-6-11(2)22-23(17)13-3-4-27(25,26)9-13/h5-8,13,20H,3-4,9H2,1-2H3,(H,21,24). The number of carbonyl (C=O) groups excluding carboxylic acids is 1. The average Bonchev–Trinajstić information content (AvgIpc) is 3.24. The summed E-state index contributed by atoms with van der Waals surface area (Å²) in [4.78, 5) is 15.6. The molecule has 3 heterocycles. The van der Waals surface area contributed by atoms with Crippen molar-refractivity contribution in [1.82, 2.24) is 14.8 Å². The molecule has 1 aliphatic heterocycles. The number of aromatic amines is 1. The van der Waals surface area contributed by atoms with E-state index in [1.54, 1.807) is 30.7 Å². The molecule has 0 aliphatic carbocycles. The SMILES string of the molecule is Cc1cc(NC(=O)c2cc3c(C)cc(F)cc3[nH]2)n(C2CCS(=O)(=O)C2)n1. The van der Waals surface area contributed by atoms with Gasteiger partial charge in [-0.25, -0.2) is 17.5 Å². The maximum absolute atomic E-state index is 13.6. The summed E-state index contributed by atoms with van der Waals surface area (Å²) in [7, 11) is -3.07.